The van der Waals surface area contributed by atoms with Crippen molar-refractivity contribution >= 4 is 50.1 Å². The maximum Gasteiger partial charge on any atom is 0.135 e. The van der Waals surface area contributed by atoms with Gasteiger partial charge in [0.1, 0.15) is 11.3 Å². The fourth-order valence-corrected chi connectivity index (χ4v) is 3.28. The third kappa shape index (κ3) is 2.84. The van der Waals surface area contributed by atoms with Gasteiger partial charge in [0.15, 0.2) is 0 Å². The number of fused-ring (bicyclic) bond motifs is 1. The molecule has 0 saturated carbocycles. The Bertz CT molecular complexity index is 793. The lowest BCUT2D eigenvalue weighted by Crippen LogP contribution is -2.00. The van der Waals surface area contributed by atoms with Crippen LogP contribution in [-0.4, -0.2) is 0 Å². The first-order chi connectivity index (χ1) is 10.1. The maximum absolute atomic E-state index is 6.26. The SMILES string of the molecule is NCc1oc2cc(Br)ccc2c1Cc1c(Cl)cccc1Cl. The van der Waals surface area contributed by atoms with Gasteiger partial charge in [-0.3, -0.25) is 0 Å². The summed E-state index contributed by atoms with van der Waals surface area (Å²) >= 11 is 16.0. The third-order valence-corrected chi connectivity index (χ3v) is 4.64. The van der Waals surface area contributed by atoms with Crippen molar-refractivity contribution in [3.63, 3.8) is 0 Å². The summed E-state index contributed by atoms with van der Waals surface area (Å²) in [5, 5.41) is 2.34. The summed E-state index contributed by atoms with van der Waals surface area (Å²) in [4.78, 5) is 0. The average molecular weight is 385 g/mol. The van der Waals surface area contributed by atoms with Gasteiger partial charge >= 0.3 is 0 Å². The zero-order valence-electron chi connectivity index (χ0n) is 11.0. The molecular formula is C16H12BrCl2NO. The van der Waals surface area contributed by atoms with E-state index in [1.165, 1.54) is 0 Å². The van der Waals surface area contributed by atoms with E-state index in [9.17, 15) is 0 Å². The first-order valence-electron chi connectivity index (χ1n) is 6.43. The lowest BCUT2D eigenvalue weighted by Gasteiger charge is -2.07. The Morgan fingerprint density at radius 3 is 2.43 bits per heavy atom. The quantitative estimate of drug-likeness (QED) is 0.642. The highest BCUT2D eigenvalue weighted by Crippen LogP contribution is 2.33. The zero-order chi connectivity index (χ0) is 15.0. The molecule has 0 unspecified atom stereocenters. The summed E-state index contributed by atoms with van der Waals surface area (Å²) < 4.78 is 6.81. The molecule has 3 rings (SSSR count). The molecule has 1 heterocycles. The highest BCUT2D eigenvalue weighted by Gasteiger charge is 2.16. The van der Waals surface area contributed by atoms with Gasteiger partial charge < -0.3 is 10.2 Å². The first-order valence-corrected chi connectivity index (χ1v) is 7.98. The van der Waals surface area contributed by atoms with Crippen molar-refractivity contribution in [3.05, 3.63) is 67.8 Å². The number of rotatable bonds is 3. The van der Waals surface area contributed by atoms with E-state index in [1.807, 2.05) is 36.4 Å². The molecule has 0 bridgehead atoms. The summed E-state index contributed by atoms with van der Waals surface area (Å²) in [5.74, 6) is 0.763. The highest BCUT2D eigenvalue weighted by molar-refractivity contribution is 9.10. The molecule has 3 aromatic rings. The number of halogens is 3. The van der Waals surface area contributed by atoms with Crippen LogP contribution in [-0.2, 0) is 13.0 Å². The van der Waals surface area contributed by atoms with Crippen LogP contribution < -0.4 is 5.73 Å². The van der Waals surface area contributed by atoms with Gasteiger partial charge in [-0.1, -0.05) is 45.2 Å². The van der Waals surface area contributed by atoms with Crippen molar-refractivity contribution < 1.29 is 4.42 Å². The molecule has 0 atom stereocenters. The Balaban J connectivity index is 2.15. The molecule has 0 fully saturated rings. The molecule has 2 nitrogen and oxygen atoms in total. The van der Waals surface area contributed by atoms with Gasteiger partial charge in [0.2, 0.25) is 0 Å². The Morgan fingerprint density at radius 1 is 1.05 bits per heavy atom. The van der Waals surface area contributed by atoms with E-state index in [4.69, 9.17) is 33.4 Å². The van der Waals surface area contributed by atoms with Gasteiger partial charge in [0.05, 0.1) is 6.54 Å². The van der Waals surface area contributed by atoms with Gasteiger partial charge in [0.25, 0.3) is 0 Å². The molecule has 0 aliphatic heterocycles. The third-order valence-electron chi connectivity index (χ3n) is 3.44. The molecule has 0 spiro atoms. The molecule has 21 heavy (non-hydrogen) atoms. The van der Waals surface area contributed by atoms with Crippen LogP contribution in [0, 0.1) is 0 Å². The number of furan rings is 1. The predicted octanol–water partition coefficient (Wildman–Crippen LogP) is 5.55. The van der Waals surface area contributed by atoms with Crippen LogP contribution in [0.2, 0.25) is 10.0 Å². The Morgan fingerprint density at radius 2 is 1.76 bits per heavy atom. The molecule has 0 saturated heterocycles. The van der Waals surface area contributed by atoms with Gasteiger partial charge in [-0.2, -0.15) is 0 Å². The molecule has 0 aliphatic rings. The van der Waals surface area contributed by atoms with Crippen LogP contribution in [0.1, 0.15) is 16.9 Å². The molecule has 0 amide bonds. The molecule has 5 heteroatoms. The van der Waals surface area contributed by atoms with Crippen molar-refractivity contribution in [1.29, 1.82) is 0 Å². The van der Waals surface area contributed by atoms with Crippen molar-refractivity contribution in [3.8, 4) is 0 Å². The summed E-state index contributed by atoms with van der Waals surface area (Å²) in [6.45, 7) is 0.337. The molecule has 108 valence electrons. The largest absolute Gasteiger partial charge is 0.459 e. The van der Waals surface area contributed by atoms with Crippen LogP contribution in [0.5, 0.6) is 0 Å². The van der Waals surface area contributed by atoms with E-state index in [-0.39, 0.29) is 0 Å². The molecular weight excluding hydrogens is 373 g/mol. The fourth-order valence-electron chi connectivity index (χ4n) is 2.41. The topological polar surface area (TPSA) is 39.2 Å². The average Bonchev–Trinajstić information content (AvgIpc) is 2.80. The lowest BCUT2D eigenvalue weighted by molar-refractivity contribution is 0.547. The molecule has 2 N–H and O–H groups in total. The minimum atomic E-state index is 0.337. The van der Waals surface area contributed by atoms with E-state index in [1.54, 1.807) is 0 Å². The van der Waals surface area contributed by atoms with Crippen LogP contribution in [0.15, 0.2) is 45.3 Å². The Labute approximate surface area is 141 Å². The zero-order valence-corrected chi connectivity index (χ0v) is 14.1. The first kappa shape index (κ1) is 14.9. The van der Waals surface area contributed by atoms with Crippen LogP contribution in [0.4, 0.5) is 0 Å². The van der Waals surface area contributed by atoms with Crippen LogP contribution in [0.25, 0.3) is 11.0 Å². The van der Waals surface area contributed by atoms with Gasteiger partial charge in [-0.05, 0) is 35.9 Å². The lowest BCUT2D eigenvalue weighted by atomic mass is 10.0. The summed E-state index contributed by atoms with van der Waals surface area (Å²) in [6, 6.07) is 11.4. The van der Waals surface area contributed by atoms with E-state index in [0.29, 0.717) is 23.0 Å². The summed E-state index contributed by atoms with van der Waals surface area (Å²) in [7, 11) is 0. The number of benzene rings is 2. The predicted molar refractivity (Wildman–Crippen MR) is 91.1 cm³/mol. The van der Waals surface area contributed by atoms with Crippen LogP contribution >= 0.6 is 39.1 Å². The Hall–Kier alpha value is -1.00. The summed E-state index contributed by atoms with van der Waals surface area (Å²) in [6.07, 6.45) is 0.597. The second-order valence-electron chi connectivity index (χ2n) is 4.73. The normalized spacial score (nSPS) is 11.2. The van der Waals surface area contributed by atoms with Crippen molar-refractivity contribution in [2.24, 2.45) is 5.73 Å². The molecule has 0 aliphatic carbocycles. The number of hydrogen-bond acceptors (Lipinski definition) is 2. The van der Waals surface area contributed by atoms with Crippen molar-refractivity contribution in [1.82, 2.24) is 0 Å². The second-order valence-corrected chi connectivity index (χ2v) is 6.46. The minimum Gasteiger partial charge on any atom is -0.459 e. The number of hydrogen-bond donors (Lipinski definition) is 1. The summed E-state index contributed by atoms with van der Waals surface area (Å²) in [5.41, 5.74) is 8.55. The maximum atomic E-state index is 6.26. The van der Waals surface area contributed by atoms with Gasteiger partial charge in [0, 0.05) is 31.9 Å². The van der Waals surface area contributed by atoms with E-state index in [0.717, 1.165) is 32.3 Å². The van der Waals surface area contributed by atoms with Gasteiger partial charge in [-0.15, -0.1) is 0 Å². The van der Waals surface area contributed by atoms with E-state index >= 15 is 0 Å². The molecule has 0 radical (unpaired) electrons. The van der Waals surface area contributed by atoms with Crippen LogP contribution in [0.3, 0.4) is 0 Å². The molecule has 2 aromatic carbocycles. The minimum absolute atomic E-state index is 0.337. The Kier molecular flexibility index (Phi) is 4.27. The van der Waals surface area contributed by atoms with E-state index in [2.05, 4.69) is 15.9 Å². The smallest absolute Gasteiger partial charge is 0.135 e. The fraction of sp³-hybridized carbons (Fsp3) is 0.125. The number of nitrogens with two attached hydrogens (primary N) is 1. The van der Waals surface area contributed by atoms with Crippen molar-refractivity contribution in [2.45, 2.75) is 13.0 Å². The second kappa shape index (κ2) is 6.01. The molecule has 1 aromatic heterocycles. The standard InChI is InChI=1S/C16H12BrCl2NO/c17-9-4-5-10-11(16(8-20)21-15(10)6-9)7-12-13(18)2-1-3-14(12)19/h1-6H,7-8,20H2. The van der Waals surface area contributed by atoms with E-state index < -0.39 is 0 Å². The highest BCUT2D eigenvalue weighted by atomic mass is 79.9. The van der Waals surface area contributed by atoms with Gasteiger partial charge in [-0.25, -0.2) is 0 Å². The monoisotopic (exact) mass is 383 g/mol. The van der Waals surface area contributed by atoms with Crippen molar-refractivity contribution in [2.75, 3.05) is 0 Å².